The molecule has 0 atom stereocenters. The van der Waals surface area contributed by atoms with E-state index in [-0.39, 0.29) is 11.4 Å². The van der Waals surface area contributed by atoms with Gasteiger partial charge in [0.1, 0.15) is 10.6 Å². The molecule has 0 aromatic heterocycles. The summed E-state index contributed by atoms with van der Waals surface area (Å²) in [5.41, 5.74) is 6.03. The summed E-state index contributed by atoms with van der Waals surface area (Å²) in [5.74, 6) is 0.343. The van der Waals surface area contributed by atoms with Crippen molar-refractivity contribution < 1.29 is 13.2 Å². The van der Waals surface area contributed by atoms with Gasteiger partial charge in [0, 0.05) is 12.8 Å². The van der Waals surface area contributed by atoms with Gasteiger partial charge in [0.15, 0.2) is 9.84 Å². The zero-order chi connectivity index (χ0) is 10.8. The van der Waals surface area contributed by atoms with Gasteiger partial charge in [-0.2, -0.15) is 0 Å². The van der Waals surface area contributed by atoms with E-state index in [0.29, 0.717) is 11.3 Å². The molecule has 5 heteroatoms. The Morgan fingerprint density at radius 3 is 2.50 bits per heavy atom. The average Bonchev–Trinajstić information content (AvgIpc) is 2.15. The molecule has 0 aliphatic rings. The molecule has 0 heterocycles. The van der Waals surface area contributed by atoms with E-state index in [1.165, 1.54) is 7.11 Å². The van der Waals surface area contributed by atoms with Gasteiger partial charge < -0.3 is 10.5 Å². The average molecular weight is 215 g/mol. The molecule has 4 nitrogen and oxygen atoms in total. The molecule has 0 aliphatic carbocycles. The highest BCUT2D eigenvalue weighted by Crippen LogP contribution is 2.26. The van der Waals surface area contributed by atoms with Crippen molar-refractivity contribution in [3.05, 3.63) is 23.8 Å². The van der Waals surface area contributed by atoms with Crippen molar-refractivity contribution in [1.29, 1.82) is 0 Å². The van der Waals surface area contributed by atoms with Crippen LogP contribution in [0.2, 0.25) is 0 Å². The van der Waals surface area contributed by atoms with Crippen molar-refractivity contribution in [2.45, 2.75) is 11.4 Å². The molecule has 2 N–H and O–H groups in total. The van der Waals surface area contributed by atoms with Crippen LogP contribution in [0.1, 0.15) is 5.56 Å². The maximum atomic E-state index is 11.5. The molecule has 0 unspecified atom stereocenters. The van der Waals surface area contributed by atoms with Crippen LogP contribution in [0, 0.1) is 0 Å². The molecule has 1 aromatic rings. The second kappa shape index (κ2) is 3.98. The Hall–Kier alpha value is -1.07. The van der Waals surface area contributed by atoms with Crippen molar-refractivity contribution in [2.24, 2.45) is 5.73 Å². The molecular weight excluding hydrogens is 202 g/mol. The van der Waals surface area contributed by atoms with E-state index in [1.54, 1.807) is 18.2 Å². The molecule has 0 saturated heterocycles. The van der Waals surface area contributed by atoms with Crippen LogP contribution < -0.4 is 10.5 Å². The van der Waals surface area contributed by atoms with Crippen molar-refractivity contribution in [1.82, 2.24) is 0 Å². The van der Waals surface area contributed by atoms with Gasteiger partial charge in [0.25, 0.3) is 0 Å². The van der Waals surface area contributed by atoms with Crippen LogP contribution in [0.25, 0.3) is 0 Å². The number of methoxy groups -OCH3 is 1. The van der Waals surface area contributed by atoms with Crippen LogP contribution in [0.4, 0.5) is 0 Å². The molecule has 1 rings (SSSR count). The third-order valence-electron chi connectivity index (χ3n) is 1.87. The molecule has 0 aliphatic heterocycles. The van der Waals surface area contributed by atoms with Gasteiger partial charge in [-0.1, -0.05) is 12.1 Å². The lowest BCUT2D eigenvalue weighted by Crippen LogP contribution is -2.08. The van der Waals surface area contributed by atoms with E-state index in [4.69, 9.17) is 10.5 Å². The lowest BCUT2D eigenvalue weighted by atomic mass is 10.2. The Bertz CT molecular complexity index is 403. The summed E-state index contributed by atoms with van der Waals surface area (Å²) in [6, 6.07) is 5.00. The molecule has 1 aromatic carbocycles. The van der Waals surface area contributed by atoms with E-state index in [0.717, 1.165) is 6.26 Å². The number of hydrogen-bond donors (Lipinski definition) is 1. The van der Waals surface area contributed by atoms with Crippen molar-refractivity contribution in [2.75, 3.05) is 13.4 Å². The lowest BCUT2D eigenvalue weighted by molar-refractivity contribution is 0.401. The minimum Gasteiger partial charge on any atom is -0.495 e. The smallest absolute Gasteiger partial charge is 0.179 e. The number of ether oxygens (including phenoxy) is 1. The summed E-state index contributed by atoms with van der Waals surface area (Å²) >= 11 is 0. The van der Waals surface area contributed by atoms with Crippen LogP contribution >= 0.6 is 0 Å². The highest BCUT2D eigenvalue weighted by molar-refractivity contribution is 7.90. The van der Waals surface area contributed by atoms with Gasteiger partial charge in [-0.25, -0.2) is 8.42 Å². The first-order valence-corrected chi connectivity index (χ1v) is 5.96. The van der Waals surface area contributed by atoms with Crippen LogP contribution in [-0.4, -0.2) is 21.8 Å². The third kappa shape index (κ3) is 2.05. The minimum atomic E-state index is -3.29. The van der Waals surface area contributed by atoms with Gasteiger partial charge in [0.2, 0.25) is 0 Å². The van der Waals surface area contributed by atoms with Gasteiger partial charge in [-0.15, -0.1) is 0 Å². The Kier molecular flexibility index (Phi) is 3.13. The van der Waals surface area contributed by atoms with Gasteiger partial charge in [0.05, 0.1) is 7.11 Å². The monoisotopic (exact) mass is 215 g/mol. The SMILES string of the molecule is COc1cccc(CN)c1S(C)(=O)=O. The fourth-order valence-electron chi connectivity index (χ4n) is 1.30. The van der Waals surface area contributed by atoms with Crippen molar-refractivity contribution in [3.8, 4) is 5.75 Å². The van der Waals surface area contributed by atoms with Crippen LogP contribution in [0.3, 0.4) is 0 Å². The first-order chi connectivity index (χ1) is 6.50. The molecule has 0 radical (unpaired) electrons. The maximum Gasteiger partial charge on any atom is 0.179 e. The van der Waals surface area contributed by atoms with Crippen LogP contribution in [-0.2, 0) is 16.4 Å². The van der Waals surface area contributed by atoms with Crippen LogP contribution in [0.5, 0.6) is 5.75 Å². The van der Waals surface area contributed by atoms with E-state index >= 15 is 0 Å². The Labute approximate surface area is 83.6 Å². The number of sulfone groups is 1. The largest absolute Gasteiger partial charge is 0.495 e. The summed E-state index contributed by atoms with van der Waals surface area (Å²) < 4.78 is 27.9. The van der Waals surface area contributed by atoms with Crippen LogP contribution in [0.15, 0.2) is 23.1 Å². The Balaban J connectivity index is 3.50. The van der Waals surface area contributed by atoms with E-state index in [2.05, 4.69) is 0 Å². The Morgan fingerprint density at radius 2 is 2.07 bits per heavy atom. The highest BCUT2D eigenvalue weighted by Gasteiger charge is 2.17. The number of benzene rings is 1. The Morgan fingerprint density at radius 1 is 1.43 bits per heavy atom. The van der Waals surface area contributed by atoms with E-state index in [1.807, 2.05) is 0 Å². The standard InChI is InChI=1S/C9H13NO3S/c1-13-8-5-3-4-7(6-10)9(8)14(2,11)12/h3-5H,6,10H2,1-2H3. The van der Waals surface area contributed by atoms with E-state index < -0.39 is 9.84 Å². The lowest BCUT2D eigenvalue weighted by Gasteiger charge is -2.10. The summed E-state index contributed by atoms with van der Waals surface area (Å²) in [7, 11) is -1.86. The zero-order valence-electron chi connectivity index (χ0n) is 8.15. The summed E-state index contributed by atoms with van der Waals surface area (Å²) in [4.78, 5) is 0.185. The quantitative estimate of drug-likeness (QED) is 0.799. The predicted octanol–water partition coefficient (Wildman–Crippen LogP) is 0.557. The summed E-state index contributed by atoms with van der Waals surface area (Å²) in [5, 5.41) is 0. The second-order valence-corrected chi connectivity index (χ2v) is 4.88. The first-order valence-electron chi connectivity index (χ1n) is 4.06. The molecule has 0 amide bonds. The molecule has 0 fully saturated rings. The zero-order valence-corrected chi connectivity index (χ0v) is 8.97. The predicted molar refractivity (Wildman–Crippen MR) is 54.0 cm³/mol. The molecule has 0 spiro atoms. The van der Waals surface area contributed by atoms with Gasteiger partial charge >= 0.3 is 0 Å². The fourth-order valence-corrected chi connectivity index (χ4v) is 2.45. The number of nitrogens with two attached hydrogens (primary N) is 1. The maximum absolute atomic E-state index is 11.5. The summed E-state index contributed by atoms with van der Waals surface area (Å²) in [6.07, 6.45) is 1.14. The first kappa shape index (κ1) is 11.0. The normalized spacial score (nSPS) is 11.4. The van der Waals surface area contributed by atoms with Gasteiger partial charge in [-0.05, 0) is 11.6 Å². The van der Waals surface area contributed by atoms with E-state index in [9.17, 15) is 8.42 Å². The number of rotatable bonds is 3. The molecule has 0 bridgehead atoms. The molecule has 14 heavy (non-hydrogen) atoms. The third-order valence-corrected chi connectivity index (χ3v) is 3.08. The van der Waals surface area contributed by atoms with Gasteiger partial charge in [-0.3, -0.25) is 0 Å². The molecular formula is C9H13NO3S. The molecule has 0 saturated carbocycles. The van der Waals surface area contributed by atoms with Crippen molar-refractivity contribution >= 4 is 9.84 Å². The number of hydrogen-bond acceptors (Lipinski definition) is 4. The second-order valence-electron chi connectivity index (χ2n) is 2.92. The fraction of sp³-hybridized carbons (Fsp3) is 0.333. The summed E-state index contributed by atoms with van der Waals surface area (Å²) in [6.45, 7) is 0.180. The topological polar surface area (TPSA) is 69.4 Å². The molecule has 78 valence electrons. The minimum absolute atomic E-state index is 0.180. The van der Waals surface area contributed by atoms with Crippen molar-refractivity contribution in [3.63, 3.8) is 0 Å². The highest BCUT2D eigenvalue weighted by atomic mass is 32.2.